The van der Waals surface area contributed by atoms with Crippen molar-refractivity contribution in [1.82, 2.24) is 4.98 Å². The number of pyridine rings is 1. The Kier molecular flexibility index (Phi) is 4.72. The number of thiophene rings is 1. The van der Waals surface area contributed by atoms with Gasteiger partial charge in [-0.05, 0) is 42.9 Å². The molecule has 0 saturated heterocycles. The van der Waals surface area contributed by atoms with Crippen LogP contribution in [0.1, 0.15) is 34.1 Å². The van der Waals surface area contributed by atoms with Gasteiger partial charge < -0.3 is 5.32 Å². The van der Waals surface area contributed by atoms with Gasteiger partial charge in [-0.25, -0.2) is 4.98 Å². The molecule has 2 heterocycles. The van der Waals surface area contributed by atoms with Crippen molar-refractivity contribution in [3.05, 3.63) is 45.8 Å². The first-order chi connectivity index (χ1) is 11.6. The summed E-state index contributed by atoms with van der Waals surface area (Å²) >= 11 is 1.55. The summed E-state index contributed by atoms with van der Waals surface area (Å²) in [6, 6.07) is 6.90. The van der Waals surface area contributed by atoms with E-state index in [1.165, 1.54) is 11.1 Å². The molecule has 1 aliphatic rings. The number of hydrogen-bond acceptors (Lipinski definition) is 5. The van der Waals surface area contributed by atoms with Gasteiger partial charge in [0.15, 0.2) is 11.7 Å². The van der Waals surface area contributed by atoms with Crippen LogP contribution in [-0.2, 0) is 17.6 Å². The second-order valence-corrected chi connectivity index (χ2v) is 6.99. The fourth-order valence-electron chi connectivity index (χ4n) is 2.91. The van der Waals surface area contributed by atoms with E-state index in [4.69, 9.17) is 0 Å². The van der Waals surface area contributed by atoms with Crippen molar-refractivity contribution in [2.75, 3.05) is 5.32 Å². The molecule has 0 aromatic carbocycles. The molecule has 1 N–H and O–H groups in total. The highest BCUT2D eigenvalue weighted by atomic mass is 32.1. The normalized spacial score (nSPS) is 17.4. The molecule has 0 spiro atoms. The number of carbonyl (C=O) groups excluding carboxylic acids is 2. The standard InChI is InChI=1S/C18H17N3O2S/c1-11-5-6-12-14(10-24-15(12)8-11)17(22)13(9-19)18(23)21-16-4-2-3-7-20-16/h2-4,7,10-11,13H,5-6,8H2,1H3,(H,20,21,23). The van der Waals surface area contributed by atoms with E-state index in [2.05, 4.69) is 17.2 Å². The second-order valence-electron chi connectivity index (χ2n) is 6.03. The Hall–Kier alpha value is -2.52. The van der Waals surface area contributed by atoms with Gasteiger partial charge in [0.1, 0.15) is 5.82 Å². The van der Waals surface area contributed by atoms with Gasteiger partial charge in [0, 0.05) is 22.0 Å². The number of hydrogen-bond donors (Lipinski definition) is 1. The third kappa shape index (κ3) is 3.22. The van der Waals surface area contributed by atoms with Crippen LogP contribution in [0.15, 0.2) is 29.8 Å². The fourth-order valence-corrected chi connectivity index (χ4v) is 4.16. The average molecular weight is 339 g/mol. The van der Waals surface area contributed by atoms with Crippen LogP contribution in [0.3, 0.4) is 0 Å². The van der Waals surface area contributed by atoms with Crippen molar-refractivity contribution in [3.8, 4) is 6.07 Å². The molecule has 122 valence electrons. The van der Waals surface area contributed by atoms with E-state index < -0.39 is 17.6 Å². The van der Waals surface area contributed by atoms with E-state index in [0.717, 1.165) is 24.8 Å². The maximum atomic E-state index is 12.7. The molecule has 24 heavy (non-hydrogen) atoms. The van der Waals surface area contributed by atoms with Crippen molar-refractivity contribution >= 4 is 28.8 Å². The number of aromatic nitrogens is 1. The summed E-state index contributed by atoms with van der Waals surface area (Å²) in [6.07, 6.45) is 4.36. The first-order valence-corrected chi connectivity index (χ1v) is 8.73. The zero-order valence-corrected chi connectivity index (χ0v) is 14.1. The van der Waals surface area contributed by atoms with E-state index in [9.17, 15) is 14.9 Å². The lowest BCUT2D eigenvalue weighted by Gasteiger charge is -2.19. The van der Waals surface area contributed by atoms with Crippen molar-refractivity contribution in [2.45, 2.75) is 26.2 Å². The molecule has 2 aromatic rings. The zero-order valence-electron chi connectivity index (χ0n) is 13.3. The van der Waals surface area contributed by atoms with E-state index in [1.807, 2.05) is 6.07 Å². The molecule has 2 unspecified atom stereocenters. The first-order valence-electron chi connectivity index (χ1n) is 7.85. The number of nitriles is 1. The molecule has 0 saturated carbocycles. The van der Waals surface area contributed by atoms with Gasteiger partial charge in [0.05, 0.1) is 6.07 Å². The number of fused-ring (bicyclic) bond motifs is 1. The highest BCUT2D eigenvalue weighted by Gasteiger charge is 2.32. The van der Waals surface area contributed by atoms with Crippen LogP contribution < -0.4 is 5.32 Å². The number of nitrogens with one attached hydrogen (secondary N) is 1. The Balaban J connectivity index is 1.80. The lowest BCUT2D eigenvalue weighted by Crippen LogP contribution is -2.29. The summed E-state index contributed by atoms with van der Waals surface area (Å²) < 4.78 is 0. The number of ketones is 1. The molecule has 0 radical (unpaired) electrons. The Bertz CT molecular complexity index is 807. The van der Waals surface area contributed by atoms with Crippen LogP contribution in [0.4, 0.5) is 5.82 Å². The van der Waals surface area contributed by atoms with Crippen molar-refractivity contribution in [2.24, 2.45) is 11.8 Å². The van der Waals surface area contributed by atoms with Gasteiger partial charge in [-0.1, -0.05) is 13.0 Å². The quantitative estimate of drug-likeness (QED) is 0.685. The monoisotopic (exact) mass is 339 g/mol. The van der Waals surface area contributed by atoms with Crippen LogP contribution in [0.5, 0.6) is 0 Å². The summed E-state index contributed by atoms with van der Waals surface area (Å²) in [5, 5.41) is 13.7. The van der Waals surface area contributed by atoms with Crippen LogP contribution in [0.2, 0.25) is 0 Å². The lowest BCUT2D eigenvalue weighted by molar-refractivity contribution is -0.117. The van der Waals surface area contributed by atoms with Crippen molar-refractivity contribution < 1.29 is 9.59 Å². The Labute approximate surface area is 144 Å². The zero-order chi connectivity index (χ0) is 17.1. The van der Waals surface area contributed by atoms with Crippen LogP contribution in [0.25, 0.3) is 0 Å². The summed E-state index contributed by atoms with van der Waals surface area (Å²) in [5.74, 6) is -1.47. The molecular formula is C18H17N3O2S. The number of Topliss-reactive ketones (excluding diaryl/α,β-unsaturated/α-hetero) is 1. The Morgan fingerprint density at radius 3 is 3.00 bits per heavy atom. The fraction of sp³-hybridized carbons (Fsp3) is 0.333. The molecule has 1 aliphatic carbocycles. The van der Waals surface area contributed by atoms with Crippen LogP contribution >= 0.6 is 11.3 Å². The highest BCUT2D eigenvalue weighted by molar-refractivity contribution is 7.10. The minimum absolute atomic E-state index is 0.330. The van der Waals surface area contributed by atoms with Gasteiger partial charge in [-0.3, -0.25) is 9.59 Å². The molecule has 0 bridgehead atoms. The number of rotatable bonds is 4. The third-order valence-corrected chi connectivity index (χ3v) is 5.29. The lowest BCUT2D eigenvalue weighted by atomic mass is 9.86. The molecule has 2 atom stereocenters. The van der Waals surface area contributed by atoms with Crippen LogP contribution in [0, 0.1) is 23.2 Å². The predicted molar refractivity (Wildman–Crippen MR) is 91.8 cm³/mol. The summed E-state index contributed by atoms with van der Waals surface area (Å²) in [7, 11) is 0. The third-order valence-electron chi connectivity index (χ3n) is 4.24. The SMILES string of the molecule is CC1CCc2c(C(=O)C(C#N)C(=O)Nc3ccccn3)csc2C1. The summed E-state index contributed by atoms with van der Waals surface area (Å²) in [6.45, 7) is 2.20. The molecule has 0 fully saturated rings. The van der Waals surface area contributed by atoms with Gasteiger partial charge in [-0.15, -0.1) is 11.3 Å². The number of carbonyl (C=O) groups is 2. The largest absolute Gasteiger partial charge is 0.309 e. The molecule has 6 heteroatoms. The Morgan fingerprint density at radius 1 is 1.46 bits per heavy atom. The predicted octanol–water partition coefficient (Wildman–Crippen LogP) is 3.23. The molecule has 2 aromatic heterocycles. The van der Waals surface area contributed by atoms with E-state index in [1.54, 1.807) is 34.9 Å². The molecule has 3 rings (SSSR count). The minimum atomic E-state index is -1.36. The number of amides is 1. The van der Waals surface area contributed by atoms with Crippen molar-refractivity contribution in [1.29, 1.82) is 5.26 Å². The Morgan fingerprint density at radius 2 is 2.29 bits per heavy atom. The van der Waals surface area contributed by atoms with Crippen LogP contribution in [-0.4, -0.2) is 16.7 Å². The summed E-state index contributed by atoms with van der Waals surface area (Å²) in [4.78, 5) is 30.2. The van der Waals surface area contributed by atoms with Gasteiger partial charge in [0.2, 0.25) is 0 Å². The number of anilines is 1. The average Bonchev–Trinajstić information content (AvgIpc) is 2.99. The van der Waals surface area contributed by atoms with E-state index in [-0.39, 0.29) is 0 Å². The van der Waals surface area contributed by atoms with Gasteiger partial charge in [-0.2, -0.15) is 5.26 Å². The maximum Gasteiger partial charge on any atom is 0.250 e. The minimum Gasteiger partial charge on any atom is -0.309 e. The first kappa shape index (κ1) is 16.3. The van der Waals surface area contributed by atoms with Gasteiger partial charge in [0.25, 0.3) is 5.91 Å². The molecular weight excluding hydrogens is 322 g/mol. The second kappa shape index (κ2) is 6.93. The van der Waals surface area contributed by atoms with E-state index in [0.29, 0.717) is 17.3 Å². The van der Waals surface area contributed by atoms with E-state index >= 15 is 0 Å². The number of nitrogens with zero attached hydrogens (tertiary/aromatic N) is 2. The topological polar surface area (TPSA) is 82.8 Å². The van der Waals surface area contributed by atoms with Gasteiger partial charge >= 0.3 is 0 Å². The summed E-state index contributed by atoms with van der Waals surface area (Å²) in [5.41, 5.74) is 1.55. The highest BCUT2D eigenvalue weighted by Crippen LogP contribution is 2.34. The molecule has 1 amide bonds. The van der Waals surface area contributed by atoms with Crippen molar-refractivity contribution in [3.63, 3.8) is 0 Å². The molecule has 0 aliphatic heterocycles. The molecule has 5 nitrogen and oxygen atoms in total. The smallest absolute Gasteiger partial charge is 0.250 e. The maximum absolute atomic E-state index is 12.7.